The van der Waals surface area contributed by atoms with Gasteiger partial charge in [0.25, 0.3) is 0 Å². The number of aliphatic hydroxyl groups is 1. The summed E-state index contributed by atoms with van der Waals surface area (Å²) in [6.45, 7) is 5.11. The zero-order valence-electron chi connectivity index (χ0n) is 15.0. The fourth-order valence-electron chi connectivity index (χ4n) is 3.22. The number of nitrogens with one attached hydrogen (secondary N) is 1. The predicted molar refractivity (Wildman–Crippen MR) is 96.3 cm³/mol. The van der Waals surface area contributed by atoms with Gasteiger partial charge in [0.15, 0.2) is 0 Å². The van der Waals surface area contributed by atoms with Crippen LogP contribution in [0.25, 0.3) is 0 Å². The van der Waals surface area contributed by atoms with Crippen LogP contribution in [0.1, 0.15) is 39.5 Å². The van der Waals surface area contributed by atoms with Crippen LogP contribution in [0.5, 0.6) is 5.75 Å². The van der Waals surface area contributed by atoms with Gasteiger partial charge >= 0.3 is 0 Å². The molecule has 0 aromatic heterocycles. The number of carbonyl (C=O) groups excluding carboxylic acids is 1. The highest BCUT2D eigenvalue weighted by Gasteiger charge is 2.27. The summed E-state index contributed by atoms with van der Waals surface area (Å²) >= 11 is 0. The molecule has 0 saturated heterocycles. The molecule has 5 nitrogen and oxygen atoms in total. The van der Waals surface area contributed by atoms with Gasteiger partial charge in [-0.1, -0.05) is 25.0 Å². The lowest BCUT2D eigenvalue weighted by molar-refractivity contribution is -0.120. The summed E-state index contributed by atoms with van der Waals surface area (Å²) in [5.41, 5.74) is 0.697. The highest BCUT2D eigenvalue weighted by molar-refractivity contribution is 5.95. The first-order chi connectivity index (χ1) is 11.5. The molecule has 2 rings (SSSR count). The maximum absolute atomic E-state index is 12.6. The number of aliphatic hydroxyl groups excluding tert-OH is 1. The van der Waals surface area contributed by atoms with Crippen molar-refractivity contribution in [3.05, 3.63) is 24.3 Å². The van der Waals surface area contributed by atoms with E-state index in [0.29, 0.717) is 18.0 Å². The normalized spacial score (nSPS) is 22.2. The Morgan fingerprint density at radius 3 is 2.79 bits per heavy atom. The van der Waals surface area contributed by atoms with E-state index in [0.717, 1.165) is 32.2 Å². The number of benzene rings is 1. The molecule has 1 aliphatic rings. The summed E-state index contributed by atoms with van der Waals surface area (Å²) in [5, 5.41) is 13.1. The van der Waals surface area contributed by atoms with Gasteiger partial charge in [0, 0.05) is 6.54 Å². The van der Waals surface area contributed by atoms with Gasteiger partial charge < -0.3 is 15.2 Å². The van der Waals surface area contributed by atoms with Crippen LogP contribution in [0.3, 0.4) is 0 Å². The van der Waals surface area contributed by atoms with Crippen LogP contribution >= 0.6 is 0 Å². The SMILES string of the molecule is CCOc1ccccc1NC(=O)C(C)N(C)CC1CCCCC1O. The number of carbonyl (C=O) groups is 1. The van der Waals surface area contributed by atoms with Crippen molar-refractivity contribution in [2.24, 2.45) is 5.92 Å². The second-order valence-corrected chi connectivity index (χ2v) is 6.65. The van der Waals surface area contributed by atoms with Crippen molar-refractivity contribution in [1.29, 1.82) is 0 Å². The van der Waals surface area contributed by atoms with Gasteiger partial charge in [-0.3, -0.25) is 9.69 Å². The number of hydrogen-bond donors (Lipinski definition) is 2. The molecule has 1 saturated carbocycles. The lowest BCUT2D eigenvalue weighted by Crippen LogP contribution is -2.44. The molecular formula is C19H30N2O3. The summed E-state index contributed by atoms with van der Waals surface area (Å²) in [5.74, 6) is 0.885. The van der Waals surface area contributed by atoms with Gasteiger partial charge in [-0.15, -0.1) is 0 Å². The molecule has 0 aliphatic heterocycles. The Hall–Kier alpha value is -1.59. The van der Waals surface area contributed by atoms with Crippen molar-refractivity contribution in [2.75, 3.05) is 25.5 Å². The van der Waals surface area contributed by atoms with Gasteiger partial charge in [0.05, 0.1) is 24.4 Å². The second-order valence-electron chi connectivity index (χ2n) is 6.65. The van der Waals surface area contributed by atoms with Crippen molar-refractivity contribution >= 4 is 11.6 Å². The zero-order chi connectivity index (χ0) is 17.5. The smallest absolute Gasteiger partial charge is 0.241 e. The summed E-state index contributed by atoms with van der Waals surface area (Å²) in [7, 11) is 1.94. The fourth-order valence-corrected chi connectivity index (χ4v) is 3.22. The Balaban J connectivity index is 1.93. The number of para-hydroxylation sites is 2. The Morgan fingerprint density at radius 1 is 1.38 bits per heavy atom. The quantitative estimate of drug-likeness (QED) is 0.805. The van der Waals surface area contributed by atoms with E-state index < -0.39 is 0 Å². The Bertz CT molecular complexity index is 535. The number of likely N-dealkylation sites (N-methyl/N-ethyl adjacent to an activating group) is 1. The molecule has 1 aromatic rings. The summed E-state index contributed by atoms with van der Waals surface area (Å²) in [6.07, 6.45) is 3.94. The second kappa shape index (κ2) is 9.04. The standard InChI is InChI=1S/C19H30N2O3/c1-4-24-18-12-8-6-10-16(18)20-19(23)14(2)21(3)13-15-9-5-7-11-17(15)22/h6,8,10,12,14-15,17,22H,4-5,7,9,11,13H2,1-3H3,(H,20,23). The van der Waals surface area contributed by atoms with Gasteiger partial charge in [-0.25, -0.2) is 0 Å². The number of nitrogens with zero attached hydrogens (tertiary/aromatic N) is 1. The minimum absolute atomic E-state index is 0.0602. The third kappa shape index (κ3) is 4.95. The van der Waals surface area contributed by atoms with Crippen molar-refractivity contribution in [3.8, 4) is 5.75 Å². The molecule has 134 valence electrons. The van der Waals surface area contributed by atoms with Crippen LogP contribution in [0, 0.1) is 5.92 Å². The van der Waals surface area contributed by atoms with E-state index in [-0.39, 0.29) is 24.0 Å². The third-order valence-electron chi connectivity index (χ3n) is 4.88. The molecule has 1 aliphatic carbocycles. The molecule has 1 fully saturated rings. The minimum atomic E-state index is -0.270. The average Bonchev–Trinajstić information content (AvgIpc) is 2.58. The van der Waals surface area contributed by atoms with Crippen molar-refractivity contribution in [1.82, 2.24) is 4.90 Å². The van der Waals surface area contributed by atoms with Gasteiger partial charge in [0.2, 0.25) is 5.91 Å². The maximum Gasteiger partial charge on any atom is 0.241 e. The van der Waals surface area contributed by atoms with Crippen LogP contribution in [0.15, 0.2) is 24.3 Å². The van der Waals surface area contributed by atoms with E-state index in [1.807, 2.05) is 50.1 Å². The lowest BCUT2D eigenvalue weighted by atomic mass is 9.86. The molecule has 3 atom stereocenters. The molecule has 0 bridgehead atoms. The topological polar surface area (TPSA) is 61.8 Å². The Morgan fingerprint density at radius 2 is 2.08 bits per heavy atom. The Labute approximate surface area is 145 Å². The number of ether oxygens (including phenoxy) is 1. The highest BCUT2D eigenvalue weighted by atomic mass is 16.5. The first kappa shape index (κ1) is 18.7. The van der Waals surface area contributed by atoms with Crippen LogP contribution < -0.4 is 10.1 Å². The summed E-state index contributed by atoms with van der Waals surface area (Å²) < 4.78 is 5.55. The molecule has 3 unspecified atom stereocenters. The maximum atomic E-state index is 12.6. The predicted octanol–water partition coefficient (Wildman–Crippen LogP) is 2.90. The van der Waals surface area contributed by atoms with E-state index >= 15 is 0 Å². The van der Waals surface area contributed by atoms with Crippen molar-refractivity contribution < 1.29 is 14.6 Å². The molecule has 2 N–H and O–H groups in total. The van der Waals surface area contributed by atoms with E-state index in [1.54, 1.807) is 0 Å². The molecule has 0 radical (unpaired) electrons. The molecule has 5 heteroatoms. The van der Waals surface area contributed by atoms with Gasteiger partial charge in [0.1, 0.15) is 5.75 Å². The monoisotopic (exact) mass is 334 g/mol. The largest absolute Gasteiger partial charge is 0.492 e. The average molecular weight is 334 g/mol. The first-order valence-electron chi connectivity index (χ1n) is 8.94. The molecule has 1 amide bonds. The lowest BCUT2D eigenvalue weighted by Gasteiger charge is -2.33. The highest BCUT2D eigenvalue weighted by Crippen LogP contribution is 2.26. The number of hydrogen-bond acceptors (Lipinski definition) is 4. The van der Waals surface area contributed by atoms with E-state index in [1.165, 1.54) is 0 Å². The van der Waals surface area contributed by atoms with E-state index in [2.05, 4.69) is 5.32 Å². The van der Waals surface area contributed by atoms with Crippen molar-refractivity contribution in [3.63, 3.8) is 0 Å². The van der Waals surface area contributed by atoms with Crippen LogP contribution in [0.4, 0.5) is 5.69 Å². The minimum Gasteiger partial charge on any atom is -0.492 e. The van der Waals surface area contributed by atoms with Crippen LogP contribution in [0.2, 0.25) is 0 Å². The van der Waals surface area contributed by atoms with Gasteiger partial charge in [-0.2, -0.15) is 0 Å². The van der Waals surface area contributed by atoms with Gasteiger partial charge in [-0.05, 0) is 51.8 Å². The van der Waals surface area contributed by atoms with Crippen LogP contribution in [-0.2, 0) is 4.79 Å². The molecule has 1 aromatic carbocycles. The molecule has 24 heavy (non-hydrogen) atoms. The first-order valence-corrected chi connectivity index (χ1v) is 8.94. The molecule has 0 spiro atoms. The number of amides is 1. The fraction of sp³-hybridized carbons (Fsp3) is 0.632. The number of anilines is 1. The van der Waals surface area contributed by atoms with E-state index in [4.69, 9.17) is 4.74 Å². The summed E-state index contributed by atoms with van der Waals surface area (Å²) in [6, 6.07) is 7.20. The third-order valence-corrected chi connectivity index (χ3v) is 4.88. The molecular weight excluding hydrogens is 304 g/mol. The van der Waals surface area contributed by atoms with Crippen molar-refractivity contribution in [2.45, 2.75) is 51.7 Å². The van der Waals surface area contributed by atoms with Crippen LogP contribution in [-0.4, -0.2) is 48.3 Å². The molecule has 0 heterocycles. The summed E-state index contributed by atoms with van der Waals surface area (Å²) in [4.78, 5) is 14.6. The van der Waals surface area contributed by atoms with E-state index in [9.17, 15) is 9.90 Å². The zero-order valence-corrected chi connectivity index (χ0v) is 15.0. The number of rotatable bonds is 7. The Kier molecular flexibility index (Phi) is 7.06.